The van der Waals surface area contributed by atoms with Crippen LogP contribution in [0.3, 0.4) is 0 Å². The molecular weight excluding hydrogens is 487 g/mol. The first-order valence-corrected chi connectivity index (χ1v) is 10.4. The Morgan fingerprint density at radius 2 is 1.93 bits per heavy atom. The van der Waals surface area contributed by atoms with Crippen molar-refractivity contribution in [2.45, 2.75) is 20.5 Å². The van der Waals surface area contributed by atoms with E-state index in [1.807, 2.05) is 19.9 Å². The maximum atomic E-state index is 15.0. The lowest BCUT2D eigenvalue weighted by molar-refractivity contribution is -0.147. The van der Waals surface area contributed by atoms with Crippen LogP contribution in [0.2, 0.25) is 0 Å². The Bertz CT molecular complexity index is 967. The molecule has 0 N–H and O–H groups in total. The fraction of sp³-hybridized carbons (Fsp3) is 0.261. The minimum absolute atomic E-state index is 0.0830. The van der Waals surface area contributed by atoms with Gasteiger partial charge in [-0.3, -0.25) is 4.79 Å². The highest BCUT2D eigenvalue weighted by Crippen LogP contribution is 2.60. The zero-order valence-corrected chi connectivity index (χ0v) is 18.7. The van der Waals surface area contributed by atoms with Crippen LogP contribution in [0.5, 0.6) is 0 Å². The molecule has 1 saturated carbocycles. The number of terminal acetylenes is 1. The van der Waals surface area contributed by atoms with Gasteiger partial charge in [-0.2, -0.15) is 0 Å². The molecule has 0 amide bonds. The number of hydrogen-bond donors (Lipinski definition) is 0. The molecule has 0 saturated heterocycles. The van der Waals surface area contributed by atoms with Crippen molar-refractivity contribution in [3.63, 3.8) is 0 Å². The fourth-order valence-corrected chi connectivity index (χ4v) is 4.04. The number of carbonyl (C=O) groups excluding carboxylic acids is 1. The molecule has 1 aliphatic rings. The molecule has 1 aliphatic carbocycles. The van der Waals surface area contributed by atoms with Crippen molar-refractivity contribution >= 4 is 37.8 Å². The van der Waals surface area contributed by atoms with Gasteiger partial charge < -0.3 is 4.74 Å². The van der Waals surface area contributed by atoms with Gasteiger partial charge in [0.2, 0.25) is 0 Å². The Hall–Kier alpha value is -1.90. The third-order valence-electron chi connectivity index (χ3n) is 5.28. The fourth-order valence-electron chi connectivity index (χ4n) is 3.47. The van der Waals surface area contributed by atoms with E-state index in [9.17, 15) is 9.18 Å². The van der Waals surface area contributed by atoms with E-state index in [1.165, 1.54) is 0 Å². The molecule has 2 aromatic carbocycles. The molecule has 2 atom stereocenters. The van der Waals surface area contributed by atoms with Crippen molar-refractivity contribution in [3.8, 4) is 23.5 Å². The summed E-state index contributed by atoms with van der Waals surface area (Å²) in [5.41, 5.74) is 2.08. The Labute approximate surface area is 181 Å². The zero-order chi connectivity index (χ0) is 20.5. The summed E-state index contributed by atoms with van der Waals surface area (Å²) >= 11 is 6.67. The van der Waals surface area contributed by atoms with E-state index in [4.69, 9.17) is 11.2 Å². The monoisotopic (exact) mass is 504 g/mol. The summed E-state index contributed by atoms with van der Waals surface area (Å²) in [7, 11) is 0. The van der Waals surface area contributed by atoms with Crippen LogP contribution in [0, 0.1) is 35.4 Å². The summed E-state index contributed by atoms with van der Waals surface area (Å²) in [5.74, 6) is 1.69. The number of allylic oxidation sites excluding steroid dienone is 1. The molecule has 5 heteroatoms. The molecule has 0 heterocycles. The van der Waals surface area contributed by atoms with Crippen LogP contribution < -0.4 is 0 Å². The van der Waals surface area contributed by atoms with Crippen LogP contribution >= 0.6 is 31.9 Å². The number of halogens is 3. The molecular formula is C23H19Br2FO2. The molecule has 2 aromatic rings. The second-order valence-corrected chi connectivity index (χ2v) is 10.2. The van der Waals surface area contributed by atoms with E-state index in [0.717, 1.165) is 14.5 Å². The normalized spacial score (nSPS) is 19.4. The molecule has 0 bridgehead atoms. The Kier molecular flexibility index (Phi) is 6.12. The highest BCUT2D eigenvalue weighted by Gasteiger charge is 2.61. The zero-order valence-electron chi connectivity index (χ0n) is 15.5. The van der Waals surface area contributed by atoms with Crippen LogP contribution in [0.1, 0.15) is 25.0 Å². The standard InChI is InChI=1S/C23H19Br2FO2/c1-4-14-8-10-15(11-9-14)17-7-5-6-16(21(17)26)13-28-22(27)20-18(12-19(24)25)23(20,2)3/h1,5-12,18,20H,13H2,2-3H3. The second-order valence-electron chi connectivity index (χ2n) is 7.39. The minimum atomic E-state index is -0.390. The molecule has 0 radical (unpaired) electrons. The number of benzene rings is 2. The smallest absolute Gasteiger partial charge is 0.310 e. The topological polar surface area (TPSA) is 26.3 Å². The molecule has 28 heavy (non-hydrogen) atoms. The Balaban J connectivity index is 1.73. The number of esters is 1. The van der Waals surface area contributed by atoms with Gasteiger partial charge in [0, 0.05) is 16.7 Å². The Morgan fingerprint density at radius 3 is 2.54 bits per heavy atom. The summed E-state index contributed by atoms with van der Waals surface area (Å²) < 4.78 is 21.2. The predicted molar refractivity (Wildman–Crippen MR) is 116 cm³/mol. The van der Waals surface area contributed by atoms with Crippen LogP contribution in [0.15, 0.2) is 51.9 Å². The van der Waals surface area contributed by atoms with Crippen LogP contribution in [-0.4, -0.2) is 5.97 Å². The van der Waals surface area contributed by atoms with Gasteiger partial charge in [-0.15, -0.1) is 6.42 Å². The second kappa shape index (κ2) is 8.23. The van der Waals surface area contributed by atoms with E-state index in [1.54, 1.807) is 42.5 Å². The average Bonchev–Trinajstić information content (AvgIpc) is 3.20. The summed E-state index contributed by atoms with van der Waals surface area (Å²) in [4.78, 5) is 12.5. The average molecular weight is 506 g/mol. The summed E-state index contributed by atoms with van der Waals surface area (Å²) in [6.07, 6.45) is 7.32. The summed E-state index contributed by atoms with van der Waals surface area (Å²) in [6.45, 7) is 3.94. The number of ether oxygens (including phenoxy) is 1. The van der Waals surface area contributed by atoms with Crippen molar-refractivity contribution in [2.75, 3.05) is 0 Å². The quantitative estimate of drug-likeness (QED) is 0.346. The van der Waals surface area contributed by atoms with Gasteiger partial charge in [-0.25, -0.2) is 4.39 Å². The molecule has 2 unspecified atom stereocenters. The third kappa shape index (κ3) is 4.24. The number of hydrogen-bond acceptors (Lipinski definition) is 2. The van der Waals surface area contributed by atoms with Crippen LogP contribution in [0.4, 0.5) is 4.39 Å². The minimum Gasteiger partial charge on any atom is -0.460 e. The van der Waals surface area contributed by atoms with Gasteiger partial charge in [-0.05, 0) is 60.9 Å². The van der Waals surface area contributed by atoms with Gasteiger partial charge in [0.1, 0.15) is 12.4 Å². The van der Waals surface area contributed by atoms with E-state index in [0.29, 0.717) is 11.1 Å². The largest absolute Gasteiger partial charge is 0.460 e. The maximum absolute atomic E-state index is 15.0. The van der Waals surface area contributed by atoms with Crippen molar-refractivity contribution in [3.05, 3.63) is 68.9 Å². The molecule has 0 aromatic heterocycles. The molecule has 144 valence electrons. The lowest BCUT2D eigenvalue weighted by atomic mass is 10.0. The summed E-state index contributed by atoms with van der Waals surface area (Å²) in [6, 6.07) is 12.2. The number of rotatable bonds is 5. The maximum Gasteiger partial charge on any atom is 0.310 e. The third-order valence-corrected chi connectivity index (χ3v) is 5.81. The van der Waals surface area contributed by atoms with Crippen molar-refractivity contribution < 1.29 is 13.9 Å². The SMILES string of the molecule is C#Cc1ccc(-c2cccc(COC(=O)C3C(C=C(Br)Br)C3(C)C)c2F)cc1. The van der Waals surface area contributed by atoms with E-state index < -0.39 is 5.82 Å². The van der Waals surface area contributed by atoms with E-state index in [-0.39, 0.29) is 29.8 Å². The highest BCUT2D eigenvalue weighted by molar-refractivity contribution is 9.28. The van der Waals surface area contributed by atoms with E-state index >= 15 is 0 Å². The highest BCUT2D eigenvalue weighted by atomic mass is 79.9. The lowest BCUT2D eigenvalue weighted by Gasteiger charge is -2.10. The number of carbonyl (C=O) groups is 1. The summed E-state index contributed by atoms with van der Waals surface area (Å²) in [5, 5.41) is 0. The molecule has 0 aliphatic heterocycles. The first-order chi connectivity index (χ1) is 13.3. The molecule has 3 rings (SSSR count). The van der Waals surface area contributed by atoms with Gasteiger partial charge in [0.15, 0.2) is 0 Å². The van der Waals surface area contributed by atoms with Gasteiger partial charge in [-0.1, -0.05) is 56.2 Å². The first kappa shape index (κ1) is 20.8. The van der Waals surface area contributed by atoms with Gasteiger partial charge in [0.25, 0.3) is 0 Å². The van der Waals surface area contributed by atoms with Crippen molar-refractivity contribution in [1.29, 1.82) is 0 Å². The van der Waals surface area contributed by atoms with Gasteiger partial charge in [0.05, 0.1) is 9.31 Å². The predicted octanol–water partition coefficient (Wildman–Crippen LogP) is 6.42. The van der Waals surface area contributed by atoms with Crippen LogP contribution in [-0.2, 0) is 16.1 Å². The van der Waals surface area contributed by atoms with Crippen molar-refractivity contribution in [1.82, 2.24) is 0 Å². The van der Waals surface area contributed by atoms with E-state index in [2.05, 4.69) is 37.8 Å². The van der Waals surface area contributed by atoms with Gasteiger partial charge >= 0.3 is 5.97 Å². The molecule has 0 spiro atoms. The lowest BCUT2D eigenvalue weighted by Crippen LogP contribution is -2.11. The van der Waals surface area contributed by atoms with Crippen LogP contribution in [0.25, 0.3) is 11.1 Å². The Morgan fingerprint density at radius 1 is 1.25 bits per heavy atom. The van der Waals surface area contributed by atoms with Crippen molar-refractivity contribution in [2.24, 2.45) is 17.3 Å². The molecule has 1 fully saturated rings. The molecule has 2 nitrogen and oxygen atoms in total. The first-order valence-electron chi connectivity index (χ1n) is 8.79.